The van der Waals surface area contributed by atoms with Gasteiger partial charge in [-0.15, -0.1) is 0 Å². The fourth-order valence-corrected chi connectivity index (χ4v) is 1.83. The topological polar surface area (TPSA) is 12.9 Å². The third-order valence-electron chi connectivity index (χ3n) is 2.62. The quantitative estimate of drug-likeness (QED) is 0.663. The highest BCUT2D eigenvalue weighted by atomic mass is 14.7. The van der Waals surface area contributed by atoms with Crippen molar-refractivity contribution in [2.45, 2.75) is 27.2 Å². The van der Waals surface area contributed by atoms with Crippen LogP contribution in [0.3, 0.4) is 0 Å². The van der Waals surface area contributed by atoms with E-state index in [-0.39, 0.29) is 0 Å². The average Bonchev–Trinajstić information content (AvgIpc) is 2.17. The van der Waals surface area contributed by atoms with Gasteiger partial charge in [0.2, 0.25) is 0 Å². The monoisotopic (exact) mass is 185 g/mol. The lowest BCUT2D eigenvalue weighted by molar-refractivity contribution is 1.14. The Morgan fingerprint density at radius 1 is 1.14 bits per heavy atom. The van der Waals surface area contributed by atoms with Crippen molar-refractivity contribution in [2.75, 3.05) is 0 Å². The molecule has 0 bridgehead atoms. The van der Waals surface area contributed by atoms with Crippen LogP contribution >= 0.6 is 0 Å². The summed E-state index contributed by atoms with van der Waals surface area (Å²) < 4.78 is 0. The summed E-state index contributed by atoms with van der Waals surface area (Å²) in [4.78, 5) is 4.51. The average molecular weight is 185 g/mol. The first kappa shape index (κ1) is 9.20. The van der Waals surface area contributed by atoms with Crippen molar-refractivity contribution in [3.63, 3.8) is 0 Å². The molecule has 0 saturated heterocycles. The Balaban J connectivity index is 2.75. The molecule has 1 heterocycles. The summed E-state index contributed by atoms with van der Waals surface area (Å²) in [5.74, 6) is 0. The van der Waals surface area contributed by atoms with Gasteiger partial charge < -0.3 is 0 Å². The van der Waals surface area contributed by atoms with E-state index in [1.165, 1.54) is 16.5 Å². The standard InChI is InChI=1S/C13H15N/c1-4-11-5-6-13-12(8-11)9(2)7-10(3)14-13/h5-8H,4H2,1-3H3. The Kier molecular flexibility index (Phi) is 2.24. The Bertz CT molecular complexity index is 472. The minimum Gasteiger partial charge on any atom is -0.253 e. The van der Waals surface area contributed by atoms with E-state index in [1.54, 1.807) is 0 Å². The van der Waals surface area contributed by atoms with Gasteiger partial charge in [-0.3, -0.25) is 4.98 Å². The molecule has 0 fully saturated rings. The molecule has 1 nitrogen and oxygen atoms in total. The van der Waals surface area contributed by atoms with Crippen molar-refractivity contribution in [3.8, 4) is 0 Å². The number of hydrogen-bond acceptors (Lipinski definition) is 1. The van der Waals surface area contributed by atoms with Gasteiger partial charge in [0.25, 0.3) is 0 Å². The van der Waals surface area contributed by atoms with E-state index in [4.69, 9.17) is 0 Å². The summed E-state index contributed by atoms with van der Waals surface area (Å²) in [6.07, 6.45) is 1.09. The molecule has 1 heteroatoms. The van der Waals surface area contributed by atoms with Crippen LogP contribution in [0.2, 0.25) is 0 Å². The van der Waals surface area contributed by atoms with Gasteiger partial charge in [-0.1, -0.05) is 13.0 Å². The lowest BCUT2D eigenvalue weighted by Crippen LogP contribution is -1.89. The normalized spacial score (nSPS) is 10.8. The second kappa shape index (κ2) is 3.41. The van der Waals surface area contributed by atoms with E-state index in [2.05, 4.69) is 43.1 Å². The first-order chi connectivity index (χ1) is 6.70. The van der Waals surface area contributed by atoms with Crippen molar-refractivity contribution in [1.29, 1.82) is 0 Å². The van der Waals surface area contributed by atoms with E-state index in [0.29, 0.717) is 0 Å². The van der Waals surface area contributed by atoms with Gasteiger partial charge in [0.05, 0.1) is 5.52 Å². The van der Waals surface area contributed by atoms with Crippen molar-refractivity contribution in [1.82, 2.24) is 4.98 Å². The zero-order chi connectivity index (χ0) is 10.1. The van der Waals surface area contributed by atoms with Gasteiger partial charge in [-0.05, 0) is 49.6 Å². The molecule has 0 aliphatic heterocycles. The third-order valence-corrected chi connectivity index (χ3v) is 2.62. The summed E-state index contributed by atoms with van der Waals surface area (Å²) in [6, 6.07) is 8.67. The summed E-state index contributed by atoms with van der Waals surface area (Å²) in [6.45, 7) is 6.37. The lowest BCUT2D eigenvalue weighted by Gasteiger charge is -2.05. The molecule has 2 rings (SSSR count). The lowest BCUT2D eigenvalue weighted by atomic mass is 10.0. The van der Waals surface area contributed by atoms with Crippen LogP contribution in [-0.2, 0) is 6.42 Å². The highest BCUT2D eigenvalue weighted by molar-refractivity contribution is 5.82. The van der Waals surface area contributed by atoms with E-state index < -0.39 is 0 Å². The van der Waals surface area contributed by atoms with Gasteiger partial charge in [0, 0.05) is 11.1 Å². The van der Waals surface area contributed by atoms with Crippen LogP contribution in [-0.4, -0.2) is 4.98 Å². The summed E-state index contributed by atoms with van der Waals surface area (Å²) in [7, 11) is 0. The molecule has 0 spiro atoms. The summed E-state index contributed by atoms with van der Waals surface area (Å²) in [5.41, 5.74) is 4.91. The van der Waals surface area contributed by atoms with Gasteiger partial charge in [-0.25, -0.2) is 0 Å². The maximum atomic E-state index is 4.51. The number of nitrogens with zero attached hydrogens (tertiary/aromatic N) is 1. The van der Waals surface area contributed by atoms with Gasteiger partial charge in [-0.2, -0.15) is 0 Å². The zero-order valence-electron chi connectivity index (χ0n) is 8.96. The number of rotatable bonds is 1. The van der Waals surface area contributed by atoms with Gasteiger partial charge in [0.15, 0.2) is 0 Å². The van der Waals surface area contributed by atoms with Crippen LogP contribution < -0.4 is 0 Å². The molecule has 0 atom stereocenters. The second-order valence-electron chi connectivity index (χ2n) is 3.79. The first-order valence-corrected chi connectivity index (χ1v) is 5.07. The molecule has 72 valence electrons. The fourth-order valence-electron chi connectivity index (χ4n) is 1.83. The van der Waals surface area contributed by atoms with Crippen LogP contribution in [0.4, 0.5) is 0 Å². The van der Waals surface area contributed by atoms with E-state index >= 15 is 0 Å². The summed E-state index contributed by atoms with van der Waals surface area (Å²) >= 11 is 0. The molecule has 2 aromatic rings. The molecule has 0 aliphatic rings. The van der Waals surface area contributed by atoms with Crippen LogP contribution in [0.5, 0.6) is 0 Å². The highest BCUT2D eigenvalue weighted by Crippen LogP contribution is 2.19. The Labute approximate surface area is 84.8 Å². The van der Waals surface area contributed by atoms with E-state index in [1.807, 2.05) is 6.92 Å². The van der Waals surface area contributed by atoms with Crippen LogP contribution in [0.25, 0.3) is 10.9 Å². The molecule has 0 unspecified atom stereocenters. The van der Waals surface area contributed by atoms with Crippen LogP contribution in [0.1, 0.15) is 23.7 Å². The third kappa shape index (κ3) is 1.50. The molecule has 0 aliphatic carbocycles. The Morgan fingerprint density at radius 2 is 1.93 bits per heavy atom. The number of aryl methyl sites for hydroxylation is 3. The summed E-state index contributed by atoms with van der Waals surface area (Å²) in [5, 5.41) is 1.29. The maximum Gasteiger partial charge on any atom is 0.0708 e. The first-order valence-electron chi connectivity index (χ1n) is 5.07. The van der Waals surface area contributed by atoms with Crippen LogP contribution in [0.15, 0.2) is 24.3 Å². The molecule has 14 heavy (non-hydrogen) atoms. The molecular formula is C13H15N. The zero-order valence-corrected chi connectivity index (χ0v) is 8.96. The number of fused-ring (bicyclic) bond motifs is 1. The van der Waals surface area contributed by atoms with E-state index in [0.717, 1.165) is 17.6 Å². The number of pyridine rings is 1. The number of aromatic nitrogens is 1. The van der Waals surface area contributed by atoms with Crippen molar-refractivity contribution < 1.29 is 0 Å². The number of benzene rings is 1. The molecule has 0 radical (unpaired) electrons. The minimum absolute atomic E-state index is 1.09. The van der Waals surface area contributed by atoms with Crippen molar-refractivity contribution in [3.05, 3.63) is 41.1 Å². The molecular weight excluding hydrogens is 170 g/mol. The minimum atomic E-state index is 1.09. The fraction of sp³-hybridized carbons (Fsp3) is 0.308. The van der Waals surface area contributed by atoms with Gasteiger partial charge in [0.1, 0.15) is 0 Å². The highest BCUT2D eigenvalue weighted by Gasteiger charge is 2.00. The Hall–Kier alpha value is -1.37. The van der Waals surface area contributed by atoms with Crippen molar-refractivity contribution in [2.24, 2.45) is 0 Å². The predicted molar refractivity (Wildman–Crippen MR) is 60.6 cm³/mol. The smallest absolute Gasteiger partial charge is 0.0708 e. The molecule has 1 aromatic heterocycles. The number of hydrogen-bond donors (Lipinski definition) is 0. The second-order valence-corrected chi connectivity index (χ2v) is 3.79. The molecule has 0 amide bonds. The Morgan fingerprint density at radius 3 is 2.64 bits per heavy atom. The predicted octanol–water partition coefficient (Wildman–Crippen LogP) is 3.41. The SMILES string of the molecule is CCc1ccc2nc(C)cc(C)c2c1. The van der Waals surface area contributed by atoms with E-state index in [9.17, 15) is 0 Å². The van der Waals surface area contributed by atoms with Crippen LogP contribution in [0, 0.1) is 13.8 Å². The maximum absolute atomic E-state index is 4.51. The molecule has 0 saturated carbocycles. The molecule has 0 N–H and O–H groups in total. The largest absolute Gasteiger partial charge is 0.253 e. The molecule has 1 aromatic carbocycles. The van der Waals surface area contributed by atoms with Gasteiger partial charge >= 0.3 is 0 Å². The van der Waals surface area contributed by atoms with Crippen molar-refractivity contribution >= 4 is 10.9 Å².